The Labute approximate surface area is 102 Å². The van der Waals surface area contributed by atoms with E-state index >= 15 is 0 Å². The highest BCUT2D eigenvalue weighted by atomic mass is 35.5. The van der Waals surface area contributed by atoms with Crippen molar-refractivity contribution in [2.45, 2.75) is 18.9 Å². The first-order chi connectivity index (χ1) is 7.66. The summed E-state index contributed by atoms with van der Waals surface area (Å²) in [6.07, 6.45) is 3.70. The molecule has 1 heterocycles. The lowest BCUT2D eigenvalue weighted by atomic mass is 10.2. The first-order valence-corrected chi connectivity index (χ1v) is 5.17. The van der Waals surface area contributed by atoms with E-state index in [1.807, 2.05) is 4.57 Å². The summed E-state index contributed by atoms with van der Waals surface area (Å²) in [6, 6.07) is 3.81. The second kappa shape index (κ2) is 4.11. The van der Waals surface area contributed by atoms with Crippen LogP contribution in [-0.2, 0) is 0 Å². The van der Waals surface area contributed by atoms with E-state index in [1.165, 1.54) is 6.07 Å². The van der Waals surface area contributed by atoms with E-state index in [2.05, 4.69) is 0 Å². The van der Waals surface area contributed by atoms with Crippen molar-refractivity contribution in [2.75, 3.05) is 0 Å². The van der Waals surface area contributed by atoms with Crippen LogP contribution >= 0.6 is 12.4 Å². The topological polar surface area (TPSA) is 22.0 Å². The fourth-order valence-electron chi connectivity index (χ4n) is 1.94. The van der Waals surface area contributed by atoms with Gasteiger partial charge in [0.05, 0.1) is 5.52 Å². The average Bonchev–Trinajstić information content (AvgIpc) is 3.05. The Morgan fingerprint density at radius 2 is 1.82 bits per heavy atom. The fourth-order valence-corrected chi connectivity index (χ4v) is 1.94. The van der Waals surface area contributed by atoms with Gasteiger partial charge in [-0.1, -0.05) is 0 Å². The minimum Gasteiger partial charge on any atom is -0.344 e. The third kappa shape index (κ3) is 1.93. The van der Waals surface area contributed by atoms with Crippen LogP contribution in [0.3, 0.4) is 0 Å². The Morgan fingerprint density at radius 3 is 2.47 bits per heavy atom. The summed E-state index contributed by atoms with van der Waals surface area (Å²) in [5.74, 6) is -1.88. The fraction of sp³-hybridized carbons (Fsp3) is 0.250. The number of aromatic nitrogens is 1. The molecule has 0 spiro atoms. The van der Waals surface area contributed by atoms with Crippen LogP contribution in [0.4, 0.5) is 8.78 Å². The number of hydrogen-bond acceptors (Lipinski definition) is 1. The molecule has 1 aliphatic rings. The van der Waals surface area contributed by atoms with Crippen molar-refractivity contribution in [1.29, 1.82) is 0 Å². The SMILES string of the molecule is Cl.O=c1ccn(C2CC2)c2cc(F)c(F)cc12. The van der Waals surface area contributed by atoms with Crippen molar-refractivity contribution >= 4 is 23.3 Å². The molecule has 0 saturated heterocycles. The Hall–Kier alpha value is -1.42. The van der Waals surface area contributed by atoms with Crippen molar-refractivity contribution in [3.05, 3.63) is 46.3 Å². The predicted molar refractivity (Wildman–Crippen MR) is 63.6 cm³/mol. The summed E-state index contributed by atoms with van der Waals surface area (Å²) in [5.41, 5.74) is 0.208. The highest BCUT2D eigenvalue weighted by Crippen LogP contribution is 2.36. The highest BCUT2D eigenvalue weighted by Gasteiger charge is 2.24. The Morgan fingerprint density at radius 1 is 1.18 bits per heavy atom. The van der Waals surface area contributed by atoms with E-state index in [0.717, 1.165) is 25.0 Å². The quantitative estimate of drug-likeness (QED) is 0.770. The Kier molecular flexibility index (Phi) is 2.91. The second-order valence-corrected chi connectivity index (χ2v) is 4.10. The minimum atomic E-state index is -0.974. The van der Waals surface area contributed by atoms with E-state index in [-0.39, 0.29) is 23.2 Å². The van der Waals surface area contributed by atoms with Gasteiger partial charge in [0, 0.05) is 29.8 Å². The van der Waals surface area contributed by atoms with Gasteiger partial charge in [-0.25, -0.2) is 8.78 Å². The van der Waals surface area contributed by atoms with Crippen molar-refractivity contribution in [3.8, 4) is 0 Å². The zero-order valence-electron chi connectivity index (χ0n) is 8.82. The van der Waals surface area contributed by atoms with Gasteiger partial charge in [0.1, 0.15) is 0 Å². The van der Waals surface area contributed by atoms with Gasteiger partial charge < -0.3 is 4.57 Å². The van der Waals surface area contributed by atoms with Gasteiger partial charge in [0.15, 0.2) is 17.1 Å². The number of rotatable bonds is 1. The number of benzene rings is 1. The number of pyridine rings is 1. The van der Waals surface area contributed by atoms with Crippen molar-refractivity contribution < 1.29 is 8.78 Å². The van der Waals surface area contributed by atoms with Gasteiger partial charge in [-0.2, -0.15) is 0 Å². The third-order valence-corrected chi connectivity index (χ3v) is 2.91. The van der Waals surface area contributed by atoms with Gasteiger partial charge in [-0.05, 0) is 18.9 Å². The molecule has 3 rings (SSSR count). The van der Waals surface area contributed by atoms with Crippen LogP contribution in [0.5, 0.6) is 0 Å². The van der Waals surface area contributed by atoms with Crippen molar-refractivity contribution in [1.82, 2.24) is 4.57 Å². The third-order valence-electron chi connectivity index (χ3n) is 2.91. The molecule has 0 aliphatic heterocycles. The largest absolute Gasteiger partial charge is 0.344 e. The number of fused-ring (bicyclic) bond motifs is 1. The number of hydrogen-bond donors (Lipinski definition) is 0. The summed E-state index contributed by atoms with van der Waals surface area (Å²) >= 11 is 0. The molecule has 0 unspecified atom stereocenters. The maximum atomic E-state index is 13.2. The molecule has 5 heteroatoms. The van der Waals surface area contributed by atoms with Gasteiger partial charge in [-0.3, -0.25) is 4.79 Å². The zero-order valence-corrected chi connectivity index (χ0v) is 9.64. The second-order valence-electron chi connectivity index (χ2n) is 4.10. The van der Waals surface area contributed by atoms with Gasteiger partial charge in [0.2, 0.25) is 0 Å². The number of halogens is 3. The molecule has 90 valence electrons. The van der Waals surface area contributed by atoms with Crippen molar-refractivity contribution in [2.24, 2.45) is 0 Å². The smallest absolute Gasteiger partial charge is 0.189 e. The molecule has 1 fully saturated rings. The molecule has 2 nitrogen and oxygen atoms in total. The van der Waals surface area contributed by atoms with E-state index in [0.29, 0.717) is 11.6 Å². The van der Waals surface area contributed by atoms with Gasteiger partial charge >= 0.3 is 0 Å². The summed E-state index contributed by atoms with van der Waals surface area (Å²) in [4.78, 5) is 11.5. The lowest BCUT2D eigenvalue weighted by Gasteiger charge is -2.09. The maximum absolute atomic E-state index is 13.2. The molecule has 0 N–H and O–H groups in total. The molecule has 1 saturated carbocycles. The van der Waals surface area contributed by atoms with Crippen LogP contribution in [0, 0.1) is 11.6 Å². The lowest BCUT2D eigenvalue weighted by Crippen LogP contribution is -2.08. The lowest BCUT2D eigenvalue weighted by molar-refractivity contribution is 0.510. The molecular formula is C12H10ClF2NO. The molecule has 1 aliphatic carbocycles. The normalized spacial score (nSPS) is 14.7. The maximum Gasteiger partial charge on any atom is 0.189 e. The molecule has 0 atom stereocenters. The molecule has 1 aromatic carbocycles. The average molecular weight is 258 g/mol. The molecule has 0 radical (unpaired) electrons. The highest BCUT2D eigenvalue weighted by molar-refractivity contribution is 5.85. The van der Waals surface area contributed by atoms with E-state index < -0.39 is 11.6 Å². The van der Waals surface area contributed by atoms with E-state index in [1.54, 1.807) is 6.20 Å². The van der Waals surface area contributed by atoms with Crippen LogP contribution in [0.15, 0.2) is 29.2 Å². The van der Waals surface area contributed by atoms with Crippen LogP contribution in [0.2, 0.25) is 0 Å². The molecule has 2 aromatic rings. The van der Waals surface area contributed by atoms with E-state index in [9.17, 15) is 13.6 Å². The summed E-state index contributed by atoms with van der Waals surface area (Å²) in [5, 5.41) is 0.244. The first kappa shape index (κ1) is 12.0. The molecule has 0 amide bonds. The predicted octanol–water partition coefficient (Wildman–Crippen LogP) is 3.04. The van der Waals surface area contributed by atoms with Crippen molar-refractivity contribution in [3.63, 3.8) is 0 Å². The summed E-state index contributed by atoms with van der Waals surface area (Å²) in [7, 11) is 0. The van der Waals surface area contributed by atoms with Gasteiger partial charge in [0.25, 0.3) is 0 Å². The van der Waals surface area contributed by atoms with Crippen LogP contribution in [0.1, 0.15) is 18.9 Å². The molecule has 0 bridgehead atoms. The van der Waals surface area contributed by atoms with Crippen LogP contribution < -0.4 is 5.43 Å². The minimum absolute atomic E-state index is 0. The van der Waals surface area contributed by atoms with E-state index in [4.69, 9.17) is 0 Å². The van der Waals surface area contributed by atoms with Crippen LogP contribution in [-0.4, -0.2) is 4.57 Å². The molecule has 17 heavy (non-hydrogen) atoms. The zero-order chi connectivity index (χ0) is 11.3. The Balaban J connectivity index is 0.00000108. The number of nitrogens with zero attached hydrogens (tertiary/aromatic N) is 1. The first-order valence-electron chi connectivity index (χ1n) is 5.17. The standard InChI is InChI=1S/C12H9F2NO.ClH/c13-9-5-8-11(6-10(9)14)15(7-1-2-7)4-3-12(8)16;/h3-7H,1-2H2;1H. The van der Waals surface area contributed by atoms with Crippen LogP contribution in [0.25, 0.3) is 10.9 Å². The molecule has 1 aromatic heterocycles. The molecular weight excluding hydrogens is 248 g/mol. The summed E-state index contributed by atoms with van der Waals surface area (Å²) < 4.78 is 28.1. The Bertz CT molecular complexity index is 634. The monoisotopic (exact) mass is 257 g/mol. The summed E-state index contributed by atoms with van der Waals surface area (Å²) in [6.45, 7) is 0. The van der Waals surface area contributed by atoms with Gasteiger partial charge in [-0.15, -0.1) is 12.4 Å².